The van der Waals surface area contributed by atoms with E-state index in [1.54, 1.807) is 12.1 Å². The first-order chi connectivity index (χ1) is 14.1. The number of rotatable bonds is 2. The zero-order valence-corrected chi connectivity index (χ0v) is 17.8. The van der Waals surface area contributed by atoms with Crippen LogP contribution in [0, 0.1) is 12.3 Å². The number of anilines is 1. The SMILES string of the molecule is CC(=O)Oc1ccc([C@@H]2Nc3c(c(C)nn3C(C)=O)C3=C2C(=O)CC(C)(C)C3)cc1. The number of nitrogens with one attached hydrogen (secondary N) is 1. The minimum Gasteiger partial charge on any atom is -0.427 e. The van der Waals surface area contributed by atoms with Crippen LogP contribution in [-0.4, -0.2) is 27.4 Å². The predicted molar refractivity (Wildman–Crippen MR) is 112 cm³/mol. The summed E-state index contributed by atoms with van der Waals surface area (Å²) in [6.07, 6.45) is 1.19. The molecule has 2 heterocycles. The summed E-state index contributed by atoms with van der Waals surface area (Å²) in [6, 6.07) is 6.68. The highest BCUT2D eigenvalue weighted by atomic mass is 16.5. The summed E-state index contributed by atoms with van der Waals surface area (Å²) in [7, 11) is 0. The minimum atomic E-state index is -0.406. The lowest BCUT2D eigenvalue weighted by molar-refractivity contribution is -0.131. The number of Topliss-reactive ketones (excluding diaryl/α,β-unsaturated/α-hetero) is 1. The molecule has 0 saturated heterocycles. The van der Waals surface area contributed by atoms with E-state index < -0.39 is 12.0 Å². The van der Waals surface area contributed by atoms with Gasteiger partial charge in [-0.2, -0.15) is 9.78 Å². The molecule has 30 heavy (non-hydrogen) atoms. The second-order valence-electron chi connectivity index (χ2n) is 8.81. The Balaban J connectivity index is 1.88. The number of benzene rings is 1. The second kappa shape index (κ2) is 6.93. The van der Waals surface area contributed by atoms with Gasteiger partial charge in [-0.1, -0.05) is 26.0 Å². The number of carbonyl (C=O) groups excluding carboxylic acids is 3. The van der Waals surface area contributed by atoms with Crippen molar-refractivity contribution in [2.24, 2.45) is 5.41 Å². The number of allylic oxidation sites excluding steroid dienone is 1. The van der Waals surface area contributed by atoms with Crippen molar-refractivity contribution in [3.63, 3.8) is 0 Å². The van der Waals surface area contributed by atoms with Crippen LogP contribution in [0.25, 0.3) is 5.57 Å². The standard InChI is InChI=1S/C23H25N3O4/c1-12-19-17-10-23(4,5)11-18(29)20(17)21(24-22(19)26(25-12)13(2)27)15-6-8-16(9-7-15)30-14(3)28/h6-9,21,24H,10-11H2,1-5H3/t21-/m0/s1. The molecule has 7 nitrogen and oxygen atoms in total. The smallest absolute Gasteiger partial charge is 0.308 e. The van der Waals surface area contributed by atoms with Crippen molar-refractivity contribution in [2.45, 2.75) is 53.5 Å². The van der Waals surface area contributed by atoms with E-state index in [4.69, 9.17) is 4.74 Å². The van der Waals surface area contributed by atoms with Crippen molar-refractivity contribution in [2.75, 3.05) is 5.32 Å². The average molecular weight is 407 g/mol. The number of ketones is 1. The Morgan fingerprint density at radius 2 is 1.83 bits per heavy atom. The average Bonchev–Trinajstić information content (AvgIpc) is 2.97. The third-order valence-corrected chi connectivity index (χ3v) is 5.63. The van der Waals surface area contributed by atoms with Crippen molar-refractivity contribution in [1.29, 1.82) is 0 Å². The largest absolute Gasteiger partial charge is 0.427 e. The molecule has 2 aliphatic rings. The van der Waals surface area contributed by atoms with Gasteiger partial charge >= 0.3 is 5.97 Å². The number of carbonyl (C=O) groups is 3. The predicted octanol–water partition coefficient (Wildman–Crippen LogP) is 4.09. The molecule has 7 heteroatoms. The van der Waals surface area contributed by atoms with Crippen LogP contribution < -0.4 is 10.1 Å². The molecule has 1 aromatic heterocycles. The van der Waals surface area contributed by atoms with E-state index in [-0.39, 0.29) is 17.1 Å². The van der Waals surface area contributed by atoms with E-state index >= 15 is 0 Å². The Kier molecular flexibility index (Phi) is 4.64. The lowest BCUT2D eigenvalue weighted by Gasteiger charge is -2.38. The molecule has 1 atom stereocenters. The van der Waals surface area contributed by atoms with E-state index in [0.717, 1.165) is 34.4 Å². The normalized spacial score (nSPS) is 19.6. The summed E-state index contributed by atoms with van der Waals surface area (Å²) < 4.78 is 6.50. The highest BCUT2D eigenvalue weighted by Crippen LogP contribution is 2.51. The molecule has 4 rings (SSSR count). The third-order valence-electron chi connectivity index (χ3n) is 5.63. The Morgan fingerprint density at radius 3 is 2.43 bits per heavy atom. The molecule has 1 aliphatic carbocycles. The number of ether oxygens (including phenoxy) is 1. The van der Waals surface area contributed by atoms with Gasteiger partial charge in [0.2, 0.25) is 5.91 Å². The van der Waals surface area contributed by atoms with Crippen LogP contribution in [-0.2, 0) is 9.59 Å². The van der Waals surface area contributed by atoms with Gasteiger partial charge < -0.3 is 10.1 Å². The van der Waals surface area contributed by atoms with Gasteiger partial charge in [-0.3, -0.25) is 14.4 Å². The van der Waals surface area contributed by atoms with Gasteiger partial charge in [0.15, 0.2) is 5.78 Å². The number of fused-ring (bicyclic) bond motifs is 2. The van der Waals surface area contributed by atoms with Gasteiger partial charge in [0.1, 0.15) is 11.6 Å². The fraction of sp³-hybridized carbons (Fsp3) is 0.391. The maximum absolute atomic E-state index is 13.2. The molecule has 0 fully saturated rings. The maximum Gasteiger partial charge on any atom is 0.308 e. The van der Waals surface area contributed by atoms with Crippen LogP contribution in [0.4, 0.5) is 5.82 Å². The van der Waals surface area contributed by atoms with Crippen molar-refractivity contribution in [3.8, 4) is 5.75 Å². The number of esters is 1. The molecule has 0 radical (unpaired) electrons. The summed E-state index contributed by atoms with van der Waals surface area (Å²) in [5.41, 5.74) is 3.96. The van der Waals surface area contributed by atoms with E-state index in [9.17, 15) is 14.4 Å². The second-order valence-corrected chi connectivity index (χ2v) is 8.81. The molecule has 0 saturated carbocycles. The van der Waals surface area contributed by atoms with Crippen molar-refractivity contribution in [1.82, 2.24) is 9.78 Å². The molecule has 1 aliphatic heterocycles. The highest BCUT2D eigenvalue weighted by Gasteiger charge is 2.42. The van der Waals surface area contributed by atoms with Crippen LogP contribution in [0.2, 0.25) is 0 Å². The van der Waals surface area contributed by atoms with Gasteiger partial charge in [-0.05, 0) is 42.0 Å². The lowest BCUT2D eigenvalue weighted by atomic mass is 9.68. The Labute approximate surface area is 175 Å². The fourth-order valence-electron chi connectivity index (χ4n) is 4.50. The maximum atomic E-state index is 13.2. The lowest BCUT2D eigenvalue weighted by Crippen LogP contribution is -2.33. The summed E-state index contributed by atoms with van der Waals surface area (Å²) in [6.45, 7) is 8.86. The van der Waals surface area contributed by atoms with Crippen molar-refractivity contribution < 1.29 is 19.1 Å². The number of hydrogen-bond acceptors (Lipinski definition) is 6. The molecule has 156 valence electrons. The van der Waals surface area contributed by atoms with Crippen LogP contribution in [0.5, 0.6) is 5.75 Å². The topological polar surface area (TPSA) is 90.3 Å². The number of hydrogen-bond donors (Lipinski definition) is 1. The molecule has 0 amide bonds. The third kappa shape index (κ3) is 3.34. The Hall–Kier alpha value is -3.22. The molecule has 0 bridgehead atoms. The Bertz CT molecular complexity index is 1110. The molecule has 0 spiro atoms. The van der Waals surface area contributed by atoms with E-state index in [1.165, 1.54) is 18.5 Å². The summed E-state index contributed by atoms with van der Waals surface area (Å²) in [5.74, 6) is 0.583. The quantitative estimate of drug-likeness (QED) is 0.596. The van der Waals surface area contributed by atoms with Crippen LogP contribution >= 0.6 is 0 Å². The summed E-state index contributed by atoms with van der Waals surface area (Å²) in [5, 5.41) is 7.83. The van der Waals surface area contributed by atoms with Crippen molar-refractivity contribution >= 4 is 29.1 Å². The van der Waals surface area contributed by atoms with Crippen LogP contribution in [0.15, 0.2) is 29.8 Å². The molecule has 1 aromatic carbocycles. The summed E-state index contributed by atoms with van der Waals surface area (Å²) >= 11 is 0. The molecule has 1 N–H and O–H groups in total. The van der Waals surface area contributed by atoms with Gasteiger partial charge in [0, 0.05) is 31.4 Å². The monoisotopic (exact) mass is 407 g/mol. The van der Waals surface area contributed by atoms with Gasteiger partial charge in [-0.15, -0.1) is 0 Å². The highest BCUT2D eigenvalue weighted by molar-refractivity contribution is 6.09. The van der Waals surface area contributed by atoms with Crippen LogP contribution in [0.1, 0.15) is 68.2 Å². The van der Waals surface area contributed by atoms with Gasteiger partial charge in [0.05, 0.1) is 11.7 Å². The molecular weight excluding hydrogens is 382 g/mol. The number of nitrogens with zero attached hydrogens (tertiary/aromatic N) is 2. The van der Waals surface area contributed by atoms with Crippen molar-refractivity contribution in [3.05, 3.63) is 46.7 Å². The van der Waals surface area contributed by atoms with E-state index in [2.05, 4.69) is 24.3 Å². The molecule has 0 unspecified atom stereocenters. The van der Waals surface area contributed by atoms with E-state index in [0.29, 0.717) is 18.0 Å². The van der Waals surface area contributed by atoms with Gasteiger partial charge in [-0.25, -0.2) is 0 Å². The number of aromatic nitrogens is 2. The molecular formula is C23H25N3O4. The first kappa shape index (κ1) is 20.1. The first-order valence-corrected chi connectivity index (χ1v) is 9.99. The Morgan fingerprint density at radius 1 is 1.17 bits per heavy atom. The molecule has 2 aromatic rings. The van der Waals surface area contributed by atoms with Crippen LogP contribution in [0.3, 0.4) is 0 Å². The zero-order chi connectivity index (χ0) is 21.8. The van der Waals surface area contributed by atoms with E-state index in [1.807, 2.05) is 19.1 Å². The number of aryl methyl sites for hydroxylation is 1. The first-order valence-electron chi connectivity index (χ1n) is 9.99. The minimum absolute atomic E-state index is 0.100. The van der Waals surface area contributed by atoms with Gasteiger partial charge in [0.25, 0.3) is 0 Å². The summed E-state index contributed by atoms with van der Waals surface area (Å²) in [4.78, 5) is 36.6. The zero-order valence-electron chi connectivity index (χ0n) is 17.8. The fourth-order valence-corrected chi connectivity index (χ4v) is 4.50.